The first-order valence-electron chi connectivity index (χ1n) is 3.40. The molecule has 1 rings (SSSR count). The van der Waals surface area contributed by atoms with E-state index >= 15 is 0 Å². The molecule has 0 bridgehead atoms. The first kappa shape index (κ1) is 8.34. The third kappa shape index (κ3) is 1.84. The minimum absolute atomic E-state index is 0.695. The Labute approximate surface area is 71.8 Å². The minimum Gasteiger partial charge on any atom is -0.376 e. The number of aromatic nitrogens is 1. The van der Waals surface area contributed by atoms with Crippen molar-refractivity contribution in [1.82, 2.24) is 4.98 Å². The molecule has 0 unspecified atom stereocenters. The summed E-state index contributed by atoms with van der Waals surface area (Å²) < 4.78 is 0. The van der Waals surface area contributed by atoms with Gasteiger partial charge in [0.15, 0.2) is 0 Å². The van der Waals surface area contributed by atoms with Crippen molar-refractivity contribution in [2.75, 3.05) is 19.0 Å². The zero-order valence-corrected chi connectivity index (χ0v) is 7.68. The zero-order valence-electron chi connectivity index (χ0n) is 6.93. The van der Waals surface area contributed by atoms with E-state index in [0.29, 0.717) is 5.02 Å². The molecule has 2 nitrogen and oxygen atoms in total. The van der Waals surface area contributed by atoms with E-state index in [4.69, 9.17) is 11.6 Å². The van der Waals surface area contributed by atoms with Gasteiger partial charge in [-0.3, -0.25) is 4.98 Å². The number of pyridine rings is 1. The lowest BCUT2D eigenvalue weighted by molar-refractivity contribution is 1.10. The molecule has 0 saturated carbocycles. The first-order valence-corrected chi connectivity index (χ1v) is 3.78. The van der Waals surface area contributed by atoms with E-state index in [2.05, 4.69) is 4.98 Å². The molecule has 0 aliphatic rings. The summed E-state index contributed by atoms with van der Waals surface area (Å²) in [5.74, 6) is 0. The van der Waals surface area contributed by atoms with Crippen molar-refractivity contribution in [2.45, 2.75) is 6.92 Å². The molecule has 0 fully saturated rings. The maximum atomic E-state index is 5.89. The van der Waals surface area contributed by atoms with Crippen LogP contribution in [0.5, 0.6) is 0 Å². The minimum atomic E-state index is 0.695. The van der Waals surface area contributed by atoms with E-state index in [1.54, 1.807) is 6.20 Å². The summed E-state index contributed by atoms with van der Waals surface area (Å²) in [6.07, 6.45) is 1.67. The van der Waals surface area contributed by atoms with Gasteiger partial charge in [0, 0.05) is 26.0 Å². The smallest absolute Gasteiger partial charge is 0.0822 e. The fraction of sp³-hybridized carbons (Fsp3) is 0.375. The second-order valence-electron chi connectivity index (χ2n) is 2.67. The van der Waals surface area contributed by atoms with Crippen LogP contribution in [0.2, 0.25) is 5.02 Å². The Kier molecular flexibility index (Phi) is 2.35. The fourth-order valence-electron chi connectivity index (χ4n) is 0.871. The molecule has 0 spiro atoms. The summed E-state index contributed by atoms with van der Waals surface area (Å²) in [6, 6.07) is 1.96. The van der Waals surface area contributed by atoms with Gasteiger partial charge in [-0.05, 0) is 13.0 Å². The molecular formula is C8H11ClN2. The van der Waals surface area contributed by atoms with Gasteiger partial charge in [-0.15, -0.1) is 0 Å². The average molecular weight is 171 g/mol. The lowest BCUT2D eigenvalue weighted by atomic mass is 10.3. The van der Waals surface area contributed by atoms with Crippen molar-refractivity contribution in [1.29, 1.82) is 0 Å². The van der Waals surface area contributed by atoms with Crippen LogP contribution in [0.15, 0.2) is 12.3 Å². The van der Waals surface area contributed by atoms with E-state index in [1.807, 2.05) is 32.0 Å². The Balaban J connectivity index is 3.13. The van der Waals surface area contributed by atoms with Gasteiger partial charge >= 0.3 is 0 Å². The van der Waals surface area contributed by atoms with Crippen LogP contribution in [-0.2, 0) is 0 Å². The zero-order chi connectivity index (χ0) is 8.43. The van der Waals surface area contributed by atoms with Gasteiger partial charge in [-0.2, -0.15) is 0 Å². The summed E-state index contributed by atoms with van der Waals surface area (Å²) in [6.45, 7) is 1.95. The number of nitrogens with zero attached hydrogens (tertiary/aromatic N) is 2. The Morgan fingerprint density at radius 3 is 2.55 bits per heavy atom. The highest BCUT2D eigenvalue weighted by molar-refractivity contribution is 6.33. The largest absolute Gasteiger partial charge is 0.376 e. The summed E-state index contributed by atoms with van der Waals surface area (Å²) in [4.78, 5) is 6.03. The highest BCUT2D eigenvalue weighted by Gasteiger charge is 2.01. The molecule has 1 heterocycles. The van der Waals surface area contributed by atoms with Crippen LogP contribution in [0.1, 0.15) is 5.69 Å². The Morgan fingerprint density at radius 2 is 2.09 bits per heavy atom. The van der Waals surface area contributed by atoms with Gasteiger partial charge in [0.1, 0.15) is 0 Å². The molecule has 0 N–H and O–H groups in total. The maximum Gasteiger partial charge on any atom is 0.0822 e. The molecule has 0 aliphatic carbocycles. The highest BCUT2D eigenvalue weighted by Crippen LogP contribution is 2.22. The summed E-state index contributed by atoms with van der Waals surface area (Å²) in [5.41, 5.74) is 2.00. The number of hydrogen-bond acceptors (Lipinski definition) is 2. The lowest BCUT2D eigenvalue weighted by Gasteiger charge is -2.13. The van der Waals surface area contributed by atoms with Gasteiger partial charge in [0.2, 0.25) is 0 Å². The molecule has 0 radical (unpaired) electrons. The fourth-order valence-corrected chi connectivity index (χ4v) is 1.14. The van der Waals surface area contributed by atoms with Crippen molar-refractivity contribution >= 4 is 17.3 Å². The molecule has 11 heavy (non-hydrogen) atoms. The van der Waals surface area contributed by atoms with Gasteiger partial charge in [-0.25, -0.2) is 0 Å². The number of hydrogen-bond donors (Lipinski definition) is 0. The van der Waals surface area contributed by atoms with Gasteiger partial charge in [0.05, 0.1) is 10.7 Å². The van der Waals surface area contributed by atoms with Crippen molar-refractivity contribution in [2.24, 2.45) is 0 Å². The van der Waals surface area contributed by atoms with Crippen LogP contribution in [0.3, 0.4) is 0 Å². The monoisotopic (exact) mass is 170 g/mol. The molecule has 0 amide bonds. The molecule has 0 aromatic carbocycles. The normalized spacial score (nSPS) is 9.82. The third-order valence-corrected chi connectivity index (χ3v) is 1.74. The third-order valence-electron chi connectivity index (χ3n) is 1.45. The van der Waals surface area contributed by atoms with Crippen molar-refractivity contribution < 1.29 is 0 Å². The van der Waals surface area contributed by atoms with E-state index < -0.39 is 0 Å². The molecule has 0 saturated heterocycles. The molecule has 3 heteroatoms. The van der Waals surface area contributed by atoms with E-state index in [-0.39, 0.29) is 0 Å². The van der Waals surface area contributed by atoms with Crippen LogP contribution < -0.4 is 4.90 Å². The standard InChI is InChI=1S/C8H11ClN2/c1-6-4-8(11(2)3)7(9)5-10-6/h4-5H,1-3H3. The predicted molar refractivity (Wildman–Crippen MR) is 48.3 cm³/mol. The quantitative estimate of drug-likeness (QED) is 0.642. The summed E-state index contributed by atoms with van der Waals surface area (Å²) in [5, 5.41) is 0.695. The van der Waals surface area contributed by atoms with Crippen molar-refractivity contribution in [3.05, 3.63) is 23.0 Å². The van der Waals surface area contributed by atoms with Gasteiger partial charge in [0.25, 0.3) is 0 Å². The Morgan fingerprint density at radius 1 is 1.45 bits per heavy atom. The topological polar surface area (TPSA) is 16.1 Å². The molecule has 0 aliphatic heterocycles. The van der Waals surface area contributed by atoms with E-state index in [9.17, 15) is 0 Å². The second kappa shape index (κ2) is 3.09. The average Bonchev–Trinajstić information content (AvgIpc) is 1.94. The number of anilines is 1. The molecule has 1 aromatic rings. The van der Waals surface area contributed by atoms with Gasteiger partial charge < -0.3 is 4.90 Å². The van der Waals surface area contributed by atoms with Crippen LogP contribution in [0.4, 0.5) is 5.69 Å². The predicted octanol–water partition coefficient (Wildman–Crippen LogP) is 2.11. The maximum absolute atomic E-state index is 5.89. The van der Waals surface area contributed by atoms with Crippen LogP contribution in [0.25, 0.3) is 0 Å². The van der Waals surface area contributed by atoms with Crippen LogP contribution in [0, 0.1) is 6.92 Å². The second-order valence-corrected chi connectivity index (χ2v) is 3.08. The van der Waals surface area contributed by atoms with Crippen LogP contribution in [-0.4, -0.2) is 19.1 Å². The van der Waals surface area contributed by atoms with E-state index in [1.165, 1.54) is 0 Å². The summed E-state index contributed by atoms with van der Waals surface area (Å²) in [7, 11) is 3.92. The number of halogens is 1. The molecule has 1 aromatic heterocycles. The molecular weight excluding hydrogens is 160 g/mol. The number of rotatable bonds is 1. The summed E-state index contributed by atoms with van der Waals surface area (Å²) >= 11 is 5.89. The van der Waals surface area contributed by atoms with E-state index in [0.717, 1.165) is 11.4 Å². The van der Waals surface area contributed by atoms with Crippen molar-refractivity contribution in [3.63, 3.8) is 0 Å². The van der Waals surface area contributed by atoms with Crippen molar-refractivity contribution in [3.8, 4) is 0 Å². The molecule has 60 valence electrons. The SMILES string of the molecule is Cc1cc(N(C)C)c(Cl)cn1. The number of aryl methyl sites for hydroxylation is 1. The Hall–Kier alpha value is -0.760. The van der Waals surface area contributed by atoms with Crippen LogP contribution >= 0.6 is 11.6 Å². The van der Waals surface area contributed by atoms with Gasteiger partial charge in [-0.1, -0.05) is 11.6 Å². The first-order chi connectivity index (χ1) is 5.11. The lowest BCUT2D eigenvalue weighted by Crippen LogP contribution is -2.09. The molecule has 0 atom stereocenters. The highest BCUT2D eigenvalue weighted by atomic mass is 35.5. The Bertz CT molecular complexity index is 258.